The number of benzene rings is 1. The van der Waals surface area contributed by atoms with Crippen molar-refractivity contribution in [1.82, 2.24) is 14.8 Å². The summed E-state index contributed by atoms with van der Waals surface area (Å²) in [6.07, 6.45) is 5.83. The molecule has 6 nitrogen and oxygen atoms in total. The molecule has 136 valence electrons. The summed E-state index contributed by atoms with van der Waals surface area (Å²) >= 11 is 0. The van der Waals surface area contributed by atoms with Crippen LogP contribution in [0, 0.1) is 0 Å². The Balaban J connectivity index is 1.55. The Morgan fingerprint density at radius 3 is 2.50 bits per heavy atom. The number of nitrogens with zero attached hydrogens (tertiary/aromatic N) is 3. The summed E-state index contributed by atoms with van der Waals surface area (Å²) in [6.45, 7) is 3.96. The highest BCUT2D eigenvalue weighted by Crippen LogP contribution is 2.22. The van der Waals surface area contributed by atoms with E-state index in [4.69, 9.17) is 5.73 Å². The highest BCUT2D eigenvalue weighted by Gasteiger charge is 2.30. The van der Waals surface area contributed by atoms with Gasteiger partial charge in [0.1, 0.15) is 11.9 Å². The third kappa shape index (κ3) is 4.68. The SMILES string of the molecule is Nc1ccc([C@H](C(=O)O)N2CCN(C/C=C/c3ccccc3)CC2)cn1. The van der Waals surface area contributed by atoms with Crippen LogP contribution in [0.25, 0.3) is 6.08 Å². The van der Waals surface area contributed by atoms with E-state index in [1.807, 2.05) is 23.1 Å². The zero-order chi connectivity index (χ0) is 18.4. The quantitative estimate of drug-likeness (QED) is 0.829. The molecule has 0 unspecified atom stereocenters. The average molecular weight is 352 g/mol. The van der Waals surface area contributed by atoms with Gasteiger partial charge in [-0.15, -0.1) is 0 Å². The number of piperazine rings is 1. The smallest absolute Gasteiger partial charge is 0.325 e. The van der Waals surface area contributed by atoms with Crippen molar-refractivity contribution in [2.75, 3.05) is 38.5 Å². The Bertz CT molecular complexity index is 738. The van der Waals surface area contributed by atoms with Crippen LogP contribution < -0.4 is 5.73 Å². The third-order valence-corrected chi connectivity index (χ3v) is 4.60. The molecular formula is C20H24N4O2. The van der Waals surface area contributed by atoms with Gasteiger partial charge in [-0.05, 0) is 17.2 Å². The average Bonchev–Trinajstić information content (AvgIpc) is 2.65. The van der Waals surface area contributed by atoms with E-state index >= 15 is 0 Å². The van der Waals surface area contributed by atoms with Crippen LogP contribution in [0.15, 0.2) is 54.7 Å². The fourth-order valence-electron chi connectivity index (χ4n) is 3.19. The maximum atomic E-state index is 11.8. The van der Waals surface area contributed by atoms with Gasteiger partial charge >= 0.3 is 5.97 Å². The minimum absolute atomic E-state index is 0.396. The van der Waals surface area contributed by atoms with Gasteiger partial charge in [-0.3, -0.25) is 14.6 Å². The lowest BCUT2D eigenvalue weighted by atomic mass is 10.1. The van der Waals surface area contributed by atoms with E-state index in [1.165, 1.54) is 5.56 Å². The van der Waals surface area contributed by atoms with Crippen LogP contribution in [-0.2, 0) is 4.79 Å². The van der Waals surface area contributed by atoms with Crippen molar-refractivity contribution in [2.45, 2.75) is 6.04 Å². The van der Waals surface area contributed by atoms with Crippen LogP contribution in [0.1, 0.15) is 17.2 Å². The predicted molar refractivity (Wildman–Crippen MR) is 103 cm³/mol. The molecule has 0 bridgehead atoms. The van der Waals surface area contributed by atoms with Gasteiger partial charge < -0.3 is 10.8 Å². The number of nitrogen functional groups attached to an aromatic ring is 1. The summed E-state index contributed by atoms with van der Waals surface area (Å²) in [5, 5.41) is 9.66. The molecule has 1 atom stereocenters. The van der Waals surface area contributed by atoms with Gasteiger partial charge in [0.25, 0.3) is 0 Å². The standard InChI is InChI=1S/C20H24N4O2/c21-18-9-8-17(15-22-18)19(20(25)26)24-13-11-23(12-14-24)10-4-7-16-5-2-1-3-6-16/h1-9,15,19H,10-14H2,(H2,21,22)(H,25,26)/b7-4+/t19-/m1/s1. The van der Waals surface area contributed by atoms with Gasteiger partial charge in [0.15, 0.2) is 0 Å². The molecule has 3 rings (SSSR count). The largest absolute Gasteiger partial charge is 0.480 e. The number of pyridine rings is 1. The number of carboxylic acids is 1. The predicted octanol–water partition coefficient (Wildman–Crippen LogP) is 2.12. The lowest BCUT2D eigenvalue weighted by molar-refractivity contribution is -0.144. The second kappa shape index (κ2) is 8.60. The number of rotatable bonds is 6. The first-order valence-corrected chi connectivity index (χ1v) is 8.76. The van der Waals surface area contributed by atoms with Crippen molar-refractivity contribution in [3.63, 3.8) is 0 Å². The van der Waals surface area contributed by atoms with E-state index in [-0.39, 0.29) is 0 Å². The topological polar surface area (TPSA) is 82.7 Å². The lowest BCUT2D eigenvalue weighted by Gasteiger charge is -2.37. The van der Waals surface area contributed by atoms with Crippen molar-refractivity contribution in [3.8, 4) is 0 Å². The monoisotopic (exact) mass is 352 g/mol. The summed E-state index contributed by atoms with van der Waals surface area (Å²) in [4.78, 5) is 20.1. The minimum Gasteiger partial charge on any atom is -0.480 e. The van der Waals surface area contributed by atoms with Crippen molar-refractivity contribution in [1.29, 1.82) is 0 Å². The molecule has 1 aliphatic heterocycles. The second-order valence-electron chi connectivity index (χ2n) is 6.41. The Hall–Kier alpha value is -2.70. The van der Waals surface area contributed by atoms with Gasteiger partial charge in [-0.1, -0.05) is 48.6 Å². The minimum atomic E-state index is -0.853. The number of nitrogens with two attached hydrogens (primary N) is 1. The van der Waals surface area contributed by atoms with E-state index in [9.17, 15) is 9.90 Å². The molecule has 1 aromatic heterocycles. The van der Waals surface area contributed by atoms with Crippen LogP contribution >= 0.6 is 0 Å². The molecule has 1 saturated heterocycles. The molecule has 3 N–H and O–H groups in total. The highest BCUT2D eigenvalue weighted by molar-refractivity contribution is 5.75. The lowest BCUT2D eigenvalue weighted by Crippen LogP contribution is -2.49. The van der Waals surface area contributed by atoms with Crippen molar-refractivity contribution < 1.29 is 9.90 Å². The third-order valence-electron chi connectivity index (χ3n) is 4.60. The van der Waals surface area contributed by atoms with Gasteiger partial charge in [0.05, 0.1) is 0 Å². The number of aromatic nitrogens is 1. The Kier molecular flexibility index (Phi) is 5.99. The van der Waals surface area contributed by atoms with E-state index < -0.39 is 12.0 Å². The number of hydrogen-bond acceptors (Lipinski definition) is 5. The molecule has 6 heteroatoms. The number of anilines is 1. The summed E-state index contributed by atoms with van der Waals surface area (Å²) in [7, 11) is 0. The first-order chi connectivity index (χ1) is 12.6. The fourth-order valence-corrected chi connectivity index (χ4v) is 3.19. The number of carboxylic acid groups (broad SMARTS) is 1. The molecule has 1 fully saturated rings. The van der Waals surface area contributed by atoms with Crippen LogP contribution in [0.2, 0.25) is 0 Å². The molecule has 2 aromatic rings. The van der Waals surface area contributed by atoms with Crippen molar-refractivity contribution >= 4 is 17.9 Å². The normalized spacial score (nSPS) is 17.4. The molecule has 1 aliphatic rings. The summed E-state index contributed by atoms with van der Waals surface area (Å²) in [5.74, 6) is -0.457. The molecule has 0 saturated carbocycles. The maximum absolute atomic E-state index is 11.8. The van der Waals surface area contributed by atoms with Crippen LogP contribution in [-0.4, -0.2) is 58.6 Å². The number of hydrogen-bond donors (Lipinski definition) is 2. The van der Waals surface area contributed by atoms with Crippen LogP contribution in [0.5, 0.6) is 0 Å². The molecule has 1 aromatic carbocycles. The Labute approximate surface area is 153 Å². The van der Waals surface area contributed by atoms with Gasteiger partial charge in [-0.2, -0.15) is 0 Å². The van der Waals surface area contributed by atoms with Crippen molar-refractivity contribution in [2.24, 2.45) is 0 Å². The van der Waals surface area contributed by atoms with Gasteiger partial charge in [0, 0.05) is 38.9 Å². The van der Waals surface area contributed by atoms with Crippen LogP contribution in [0.3, 0.4) is 0 Å². The molecule has 26 heavy (non-hydrogen) atoms. The number of aliphatic carboxylic acids is 1. The molecule has 0 aliphatic carbocycles. The summed E-state index contributed by atoms with van der Waals surface area (Å²) in [6, 6.07) is 12.9. The Morgan fingerprint density at radius 2 is 1.88 bits per heavy atom. The first-order valence-electron chi connectivity index (χ1n) is 8.76. The van der Waals surface area contributed by atoms with Crippen molar-refractivity contribution in [3.05, 3.63) is 65.9 Å². The van der Waals surface area contributed by atoms with E-state index in [0.717, 1.165) is 19.6 Å². The van der Waals surface area contributed by atoms with Gasteiger partial charge in [0.2, 0.25) is 0 Å². The summed E-state index contributed by atoms with van der Waals surface area (Å²) in [5.41, 5.74) is 7.46. The zero-order valence-electron chi connectivity index (χ0n) is 14.7. The van der Waals surface area contributed by atoms with E-state index in [0.29, 0.717) is 24.5 Å². The second-order valence-corrected chi connectivity index (χ2v) is 6.41. The van der Waals surface area contributed by atoms with E-state index in [1.54, 1.807) is 18.3 Å². The van der Waals surface area contributed by atoms with Crippen LogP contribution in [0.4, 0.5) is 5.82 Å². The Morgan fingerprint density at radius 1 is 1.15 bits per heavy atom. The molecule has 0 amide bonds. The van der Waals surface area contributed by atoms with Gasteiger partial charge in [-0.25, -0.2) is 4.98 Å². The maximum Gasteiger partial charge on any atom is 0.325 e. The number of carbonyl (C=O) groups is 1. The molecular weight excluding hydrogens is 328 g/mol. The van der Waals surface area contributed by atoms with E-state index in [2.05, 4.69) is 34.2 Å². The molecule has 2 heterocycles. The fraction of sp³-hybridized carbons (Fsp3) is 0.300. The highest BCUT2D eigenvalue weighted by atomic mass is 16.4. The summed E-state index contributed by atoms with van der Waals surface area (Å²) < 4.78 is 0. The molecule has 0 spiro atoms. The first kappa shape index (κ1) is 18.1. The zero-order valence-corrected chi connectivity index (χ0v) is 14.7. The molecule has 0 radical (unpaired) electrons.